The molecule has 0 radical (unpaired) electrons. The van der Waals surface area contributed by atoms with E-state index in [9.17, 15) is 19.2 Å². The highest BCUT2D eigenvalue weighted by Crippen LogP contribution is 2.33. The number of epoxide rings is 1. The smallest absolute Gasteiger partial charge is 0.243 e. The highest BCUT2D eigenvalue weighted by atomic mass is 16.6. The van der Waals surface area contributed by atoms with Crippen LogP contribution in [0.3, 0.4) is 0 Å². The minimum atomic E-state index is -0.953. The van der Waals surface area contributed by atoms with Crippen molar-refractivity contribution in [3.05, 3.63) is 36.0 Å². The zero-order chi connectivity index (χ0) is 29.7. The van der Waals surface area contributed by atoms with E-state index in [0.29, 0.717) is 32.1 Å². The number of carbonyl (C=O) groups excluding carboxylic acids is 4. The van der Waals surface area contributed by atoms with E-state index in [1.807, 2.05) is 30.5 Å². The number of rotatable bonds is 13. The molecule has 3 amide bonds. The van der Waals surface area contributed by atoms with E-state index in [0.717, 1.165) is 48.7 Å². The Morgan fingerprint density at radius 3 is 2.52 bits per heavy atom. The highest BCUT2D eigenvalue weighted by molar-refractivity contribution is 5.98. The maximum Gasteiger partial charge on any atom is 0.243 e. The van der Waals surface area contributed by atoms with Crippen molar-refractivity contribution in [1.29, 1.82) is 0 Å². The van der Waals surface area contributed by atoms with Crippen molar-refractivity contribution in [1.82, 2.24) is 26.3 Å². The molecular weight excluding hydrogens is 538 g/mol. The maximum atomic E-state index is 13.8. The molecule has 0 spiro atoms. The van der Waals surface area contributed by atoms with Crippen molar-refractivity contribution in [2.45, 2.75) is 88.6 Å². The second-order valence-electron chi connectivity index (χ2n) is 12.2. The largest absolute Gasteiger partial charge is 0.375 e. The Balaban J connectivity index is 1.28. The fraction of sp³-hybridized carbons (Fsp3) is 0.613. The number of ether oxygens (including phenoxy) is 2. The summed E-state index contributed by atoms with van der Waals surface area (Å²) in [6.07, 6.45) is 6.84. The molecule has 1 saturated carbocycles. The van der Waals surface area contributed by atoms with Crippen LogP contribution < -0.4 is 21.3 Å². The predicted molar refractivity (Wildman–Crippen MR) is 157 cm³/mol. The molecule has 1 aromatic heterocycles. The van der Waals surface area contributed by atoms with Crippen LogP contribution in [0.4, 0.5) is 0 Å². The van der Waals surface area contributed by atoms with E-state index >= 15 is 0 Å². The molecule has 3 aliphatic rings. The van der Waals surface area contributed by atoms with Gasteiger partial charge in [-0.25, -0.2) is 0 Å². The van der Waals surface area contributed by atoms with Crippen LogP contribution in [0.15, 0.2) is 30.5 Å². The molecule has 2 aliphatic heterocycles. The first-order valence-corrected chi connectivity index (χ1v) is 15.2. The summed E-state index contributed by atoms with van der Waals surface area (Å²) in [7, 11) is 0. The van der Waals surface area contributed by atoms with Gasteiger partial charge in [-0.2, -0.15) is 0 Å². The average molecular weight is 582 g/mol. The summed E-state index contributed by atoms with van der Waals surface area (Å²) in [6.45, 7) is 5.55. The first kappa shape index (κ1) is 30.2. The second kappa shape index (κ2) is 13.4. The maximum absolute atomic E-state index is 13.8. The number of benzene rings is 1. The summed E-state index contributed by atoms with van der Waals surface area (Å²) < 4.78 is 11.0. The van der Waals surface area contributed by atoms with Crippen LogP contribution in [0.2, 0.25) is 0 Å². The number of aromatic nitrogens is 1. The van der Waals surface area contributed by atoms with Crippen LogP contribution in [0.5, 0.6) is 0 Å². The summed E-state index contributed by atoms with van der Waals surface area (Å²) in [4.78, 5) is 56.2. The molecule has 0 bridgehead atoms. The fourth-order valence-electron chi connectivity index (χ4n) is 6.00. The number of H-pyrrole nitrogens is 1. The van der Waals surface area contributed by atoms with Gasteiger partial charge in [0.25, 0.3) is 0 Å². The summed E-state index contributed by atoms with van der Waals surface area (Å²) in [5, 5.41) is 12.7. The Bertz CT molecular complexity index is 1280. The highest BCUT2D eigenvalue weighted by Gasteiger charge is 2.50. The summed E-state index contributed by atoms with van der Waals surface area (Å²) >= 11 is 0. The third-order valence-corrected chi connectivity index (χ3v) is 8.65. The summed E-state index contributed by atoms with van der Waals surface area (Å²) in [5.41, 5.74) is 0.958. The van der Waals surface area contributed by atoms with Gasteiger partial charge in [0.1, 0.15) is 17.7 Å². The van der Waals surface area contributed by atoms with Crippen molar-refractivity contribution < 1.29 is 28.7 Å². The topological polar surface area (TPSA) is 154 Å². The number of morpholine rings is 1. The molecule has 1 aromatic carbocycles. The van der Waals surface area contributed by atoms with Crippen molar-refractivity contribution in [2.24, 2.45) is 5.92 Å². The van der Waals surface area contributed by atoms with E-state index in [1.54, 1.807) is 13.8 Å². The summed E-state index contributed by atoms with van der Waals surface area (Å²) in [6, 6.07) is 5.25. The molecular formula is C31H43N5O6. The van der Waals surface area contributed by atoms with Crippen LogP contribution >= 0.6 is 0 Å². The Morgan fingerprint density at radius 2 is 1.81 bits per heavy atom. The lowest BCUT2D eigenvalue weighted by Gasteiger charge is -2.27. The minimum absolute atomic E-state index is 0.123. The van der Waals surface area contributed by atoms with E-state index in [1.165, 1.54) is 0 Å². The molecule has 5 rings (SSSR count). The van der Waals surface area contributed by atoms with Gasteiger partial charge in [-0.1, -0.05) is 31.7 Å². The van der Waals surface area contributed by atoms with Crippen LogP contribution in [-0.4, -0.2) is 84.6 Å². The second-order valence-corrected chi connectivity index (χ2v) is 12.2. The van der Waals surface area contributed by atoms with Gasteiger partial charge in [0.15, 0.2) is 5.78 Å². The number of nitrogens with one attached hydrogen (secondary N) is 5. The Labute approximate surface area is 246 Å². The minimum Gasteiger partial charge on any atom is -0.375 e. The summed E-state index contributed by atoms with van der Waals surface area (Å²) in [5.74, 6) is -0.973. The molecule has 42 heavy (non-hydrogen) atoms. The van der Waals surface area contributed by atoms with E-state index < -0.39 is 35.5 Å². The molecule has 2 saturated heterocycles. The Morgan fingerprint density at radius 1 is 1.05 bits per heavy atom. The van der Waals surface area contributed by atoms with Crippen molar-refractivity contribution in [3.8, 4) is 0 Å². The molecule has 11 heteroatoms. The molecule has 3 heterocycles. The Hall–Kier alpha value is -3.28. The van der Waals surface area contributed by atoms with Crippen molar-refractivity contribution in [2.75, 3.05) is 26.3 Å². The van der Waals surface area contributed by atoms with Crippen LogP contribution in [0, 0.1) is 5.92 Å². The van der Waals surface area contributed by atoms with Crippen molar-refractivity contribution >= 4 is 34.4 Å². The molecule has 2 aromatic rings. The number of ketones is 1. The van der Waals surface area contributed by atoms with E-state index in [2.05, 4.69) is 26.3 Å². The fourth-order valence-corrected chi connectivity index (χ4v) is 6.00. The quantitative estimate of drug-likeness (QED) is 0.225. The number of hydrogen-bond acceptors (Lipinski definition) is 7. The average Bonchev–Trinajstić information content (AvgIpc) is 3.32. The number of hydrogen-bond donors (Lipinski definition) is 5. The lowest BCUT2D eigenvalue weighted by Crippen LogP contribution is -2.57. The van der Waals surface area contributed by atoms with Crippen LogP contribution in [0.25, 0.3) is 10.9 Å². The van der Waals surface area contributed by atoms with E-state index in [-0.39, 0.29) is 30.6 Å². The van der Waals surface area contributed by atoms with Crippen LogP contribution in [0.1, 0.15) is 57.9 Å². The lowest BCUT2D eigenvalue weighted by atomic mass is 9.90. The molecule has 5 atom stereocenters. The first-order valence-electron chi connectivity index (χ1n) is 15.2. The molecule has 228 valence electrons. The van der Waals surface area contributed by atoms with Gasteiger partial charge >= 0.3 is 0 Å². The van der Waals surface area contributed by atoms with Gasteiger partial charge in [0, 0.05) is 31.2 Å². The van der Waals surface area contributed by atoms with Gasteiger partial charge in [0.2, 0.25) is 17.7 Å². The zero-order valence-corrected chi connectivity index (χ0v) is 24.5. The Kier molecular flexibility index (Phi) is 9.60. The SMILES string of the molecule is C[C@H](NC(=O)CC1CNCCO1)C(=O)N[C@@H](Cc1ccc2[nH]ccc2c1)C(=O)N[C@@H](CC1CCCC1)C(=O)[C@@]1(C)CO1. The number of Topliss-reactive ketones (excluding diaryl/α,β-unsaturated/α-hetero) is 1. The number of fused-ring (bicyclic) bond motifs is 1. The number of aromatic amines is 1. The molecule has 11 nitrogen and oxygen atoms in total. The molecule has 1 aliphatic carbocycles. The normalized spacial score (nSPS) is 24.5. The number of amides is 3. The van der Waals surface area contributed by atoms with Gasteiger partial charge in [-0.05, 0) is 55.3 Å². The third-order valence-electron chi connectivity index (χ3n) is 8.65. The monoisotopic (exact) mass is 581 g/mol. The van der Waals surface area contributed by atoms with E-state index in [4.69, 9.17) is 9.47 Å². The van der Waals surface area contributed by atoms with Crippen LogP contribution in [-0.2, 0) is 35.1 Å². The van der Waals surface area contributed by atoms with Gasteiger partial charge in [-0.3, -0.25) is 19.2 Å². The molecule has 3 fully saturated rings. The molecule has 5 N–H and O–H groups in total. The van der Waals surface area contributed by atoms with Gasteiger partial charge in [0.05, 0.1) is 31.8 Å². The predicted octanol–water partition coefficient (Wildman–Crippen LogP) is 1.50. The zero-order valence-electron chi connectivity index (χ0n) is 24.5. The number of carbonyl (C=O) groups is 4. The van der Waals surface area contributed by atoms with Gasteiger partial charge < -0.3 is 35.7 Å². The molecule has 1 unspecified atom stereocenters. The standard InChI is InChI=1S/C31H43N5O6/c1-19(34-27(37)16-23-17-32-11-12-41-23)29(39)36-26(15-21-7-8-24-22(13-21)9-10-33-24)30(40)35-25(14-20-5-3-4-6-20)28(38)31(2)18-42-31/h7-10,13,19-20,23,25-26,32-33H,3-6,11-12,14-18H2,1-2H3,(H,34,37)(H,35,40)(H,36,39)/t19-,23?,25-,26-,31+/m0/s1. The first-order chi connectivity index (χ1) is 20.2. The van der Waals surface area contributed by atoms with Gasteiger partial charge in [-0.15, -0.1) is 0 Å². The lowest BCUT2D eigenvalue weighted by molar-refractivity contribution is -0.134. The third kappa shape index (κ3) is 7.76. The van der Waals surface area contributed by atoms with Crippen molar-refractivity contribution in [3.63, 3.8) is 0 Å².